The van der Waals surface area contributed by atoms with Crippen molar-refractivity contribution in [1.29, 1.82) is 0 Å². The van der Waals surface area contributed by atoms with E-state index in [-0.39, 0.29) is 18.2 Å². The van der Waals surface area contributed by atoms with Crippen LogP contribution in [0.15, 0.2) is 24.3 Å². The molecule has 2 rings (SSSR count). The molecule has 0 aromatic heterocycles. The number of urea groups is 1. The molecular weight excluding hydrogens is 288 g/mol. The molecule has 128 valence electrons. The van der Waals surface area contributed by atoms with Crippen LogP contribution in [0.3, 0.4) is 0 Å². The van der Waals surface area contributed by atoms with Crippen LogP contribution >= 0.6 is 0 Å². The van der Waals surface area contributed by atoms with Gasteiger partial charge in [-0.05, 0) is 56.6 Å². The van der Waals surface area contributed by atoms with Gasteiger partial charge in [-0.1, -0.05) is 38.1 Å². The zero-order valence-electron chi connectivity index (χ0n) is 14.7. The lowest BCUT2D eigenvalue weighted by molar-refractivity contribution is 0.117. The largest absolute Gasteiger partial charge is 0.393 e. The SMILES string of the molecule is CC(C)c1cccc(C(C)(C)NC(=O)NC2CCC(O)CC2)c1. The van der Waals surface area contributed by atoms with Gasteiger partial charge in [-0.3, -0.25) is 0 Å². The zero-order chi connectivity index (χ0) is 17.0. The van der Waals surface area contributed by atoms with Gasteiger partial charge >= 0.3 is 6.03 Å². The summed E-state index contributed by atoms with van der Waals surface area (Å²) in [7, 11) is 0. The Morgan fingerprint density at radius 3 is 2.48 bits per heavy atom. The molecule has 0 spiro atoms. The van der Waals surface area contributed by atoms with Gasteiger partial charge < -0.3 is 15.7 Å². The predicted octanol–water partition coefficient (Wildman–Crippen LogP) is 3.65. The number of rotatable bonds is 4. The van der Waals surface area contributed by atoms with E-state index >= 15 is 0 Å². The first-order valence-corrected chi connectivity index (χ1v) is 8.65. The first kappa shape index (κ1) is 17.8. The van der Waals surface area contributed by atoms with Crippen LogP contribution in [0, 0.1) is 0 Å². The van der Waals surface area contributed by atoms with Gasteiger partial charge in [-0.2, -0.15) is 0 Å². The molecule has 4 heteroatoms. The van der Waals surface area contributed by atoms with Gasteiger partial charge in [-0.15, -0.1) is 0 Å². The predicted molar refractivity (Wildman–Crippen MR) is 93.5 cm³/mol. The number of hydrogen-bond donors (Lipinski definition) is 3. The van der Waals surface area contributed by atoms with Crippen LogP contribution in [-0.2, 0) is 5.54 Å². The van der Waals surface area contributed by atoms with E-state index in [9.17, 15) is 9.90 Å². The van der Waals surface area contributed by atoms with E-state index in [1.165, 1.54) is 5.56 Å². The van der Waals surface area contributed by atoms with E-state index in [1.54, 1.807) is 0 Å². The number of nitrogens with one attached hydrogen (secondary N) is 2. The fourth-order valence-electron chi connectivity index (χ4n) is 3.08. The summed E-state index contributed by atoms with van der Waals surface area (Å²) in [4.78, 5) is 12.3. The molecule has 2 amide bonds. The summed E-state index contributed by atoms with van der Waals surface area (Å²) < 4.78 is 0. The number of carbonyl (C=O) groups excluding carboxylic acids is 1. The first-order chi connectivity index (χ1) is 10.8. The third kappa shape index (κ3) is 4.96. The number of hydrogen-bond acceptors (Lipinski definition) is 2. The molecule has 1 aliphatic carbocycles. The van der Waals surface area contributed by atoms with Crippen LogP contribution in [0.4, 0.5) is 4.79 Å². The molecule has 4 nitrogen and oxygen atoms in total. The van der Waals surface area contributed by atoms with Crippen LogP contribution in [0.25, 0.3) is 0 Å². The molecule has 0 bridgehead atoms. The molecule has 23 heavy (non-hydrogen) atoms. The minimum Gasteiger partial charge on any atom is -0.393 e. The van der Waals surface area contributed by atoms with Gasteiger partial charge in [0.05, 0.1) is 11.6 Å². The third-order valence-corrected chi connectivity index (χ3v) is 4.73. The van der Waals surface area contributed by atoms with E-state index in [0.717, 1.165) is 31.2 Å². The van der Waals surface area contributed by atoms with Crippen LogP contribution in [0.1, 0.15) is 70.4 Å². The van der Waals surface area contributed by atoms with Gasteiger partial charge in [0, 0.05) is 6.04 Å². The van der Waals surface area contributed by atoms with Crippen molar-refractivity contribution in [3.05, 3.63) is 35.4 Å². The second-order valence-corrected chi connectivity index (χ2v) is 7.51. The highest BCUT2D eigenvalue weighted by Crippen LogP contribution is 2.24. The van der Waals surface area contributed by atoms with Crippen molar-refractivity contribution in [2.24, 2.45) is 0 Å². The molecule has 1 fully saturated rings. The maximum absolute atomic E-state index is 12.3. The Morgan fingerprint density at radius 2 is 1.87 bits per heavy atom. The van der Waals surface area contributed by atoms with Gasteiger partial charge in [0.25, 0.3) is 0 Å². The third-order valence-electron chi connectivity index (χ3n) is 4.73. The summed E-state index contributed by atoms with van der Waals surface area (Å²) >= 11 is 0. The van der Waals surface area contributed by atoms with E-state index in [2.05, 4.69) is 48.7 Å². The molecule has 3 N–H and O–H groups in total. The molecule has 1 aliphatic rings. The van der Waals surface area contributed by atoms with Gasteiger partial charge in [0.15, 0.2) is 0 Å². The Morgan fingerprint density at radius 1 is 1.22 bits per heavy atom. The highest BCUT2D eigenvalue weighted by atomic mass is 16.3. The lowest BCUT2D eigenvalue weighted by Crippen LogP contribution is -2.50. The van der Waals surface area contributed by atoms with Crippen LogP contribution < -0.4 is 10.6 Å². The quantitative estimate of drug-likeness (QED) is 0.793. The second-order valence-electron chi connectivity index (χ2n) is 7.51. The van der Waals surface area contributed by atoms with Crippen molar-refractivity contribution in [3.63, 3.8) is 0 Å². The topological polar surface area (TPSA) is 61.4 Å². The van der Waals surface area contributed by atoms with E-state index in [1.807, 2.05) is 13.8 Å². The van der Waals surface area contributed by atoms with Crippen molar-refractivity contribution in [2.45, 2.75) is 77.0 Å². The Labute approximate surface area is 139 Å². The van der Waals surface area contributed by atoms with Gasteiger partial charge in [0.2, 0.25) is 0 Å². The normalized spacial score (nSPS) is 22.0. The number of amides is 2. The molecule has 0 heterocycles. The summed E-state index contributed by atoms with van der Waals surface area (Å²) in [5.41, 5.74) is 1.96. The Kier molecular flexibility index (Phi) is 5.69. The van der Waals surface area contributed by atoms with Crippen molar-refractivity contribution in [2.75, 3.05) is 0 Å². The number of benzene rings is 1. The monoisotopic (exact) mass is 318 g/mol. The van der Waals surface area contributed by atoms with E-state index < -0.39 is 5.54 Å². The average Bonchev–Trinajstić information content (AvgIpc) is 2.49. The highest BCUT2D eigenvalue weighted by Gasteiger charge is 2.26. The Balaban J connectivity index is 1.97. The summed E-state index contributed by atoms with van der Waals surface area (Å²) in [5, 5.41) is 15.7. The average molecular weight is 318 g/mol. The molecule has 0 radical (unpaired) electrons. The van der Waals surface area contributed by atoms with E-state index in [4.69, 9.17) is 0 Å². The standard InChI is InChI=1S/C19H30N2O2/c1-13(2)14-6-5-7-15(12-14)19(3,4)21-18(23)20-16-8-10-17(22)11-9-16/h5-7,12-13,16-17,22H,8-11H2,1-4H3,(H2,20,21,23). The molecule has 0 unspecified atom stereocenters. The van der Waals surface area contributed by atoms with E-state index in [0.29, 0.717) is 5.92 Å². The van der Waals surface area contributed by atoms with Gasteiger partial charge in [0.1, 0.15) is 0 Å². The summed E-state index contributed by atoms with van der Waals surface area (Å²) in [5.74, 6) is 0.466. The maximum atomic E-state index is 12.3. The van der Waals surface area contributed by atoms with Gasteiger partial charge in [-0.25, -0.2) is 4.79 Å². The Hall–Kier alpha value is -1.55. The number of carbonyl (C=O) groups is 1. The molecule has 0 aliphatic heterocycles. The first-order valence-electron chi connectivity index (χ1n) is 8.65. The van der Waals surface area contributed by atoms with Crippen molar-refractivity contribution < 1.29 is 9.90 Å². The number of aliphatic hydroxyl groups excluding tert-OH is 1. The minimum absolute atomic E-state index is 0.133. The number of aliphatic hydroxyl groups is 1. The van der Waals surface area contributed by atoms with Crippen molar-refractivity contribution in [3.8, 4) is 0 Å². The van der Waals surface area contributed by atoms with Crippen LogP contribution in [0.2, 0.25) is 0 Å². The fraction of sp³-hybridized carbons (Fsp3) is 0.632. The molecule has 1 aromatic carbocycles. The lowest BCUT2D eigenvalue weighted by Gasteiger charge is -2.31. The zero-order valence-corrected chi connectivity index (χ0v) is 14.7. The summed E-state index contributed by atoms with van der Waals surface area (Å²) in [6.07, 6.45) is 3.02. The molecule has 1 saturated carbocycles. The second kappa shape index (κ2) is 7.35. The van der Waals surface area contributed by atoms with Crippen molar-refractivity contribution >= 4 is 6.03 Å². The summed E-state index contributed by atoms with van der Waals surface area (Å²) in [6, 6.07) is 8.43. The molecule has 0 atom stereocenters. The summed E-state index contributed by atoms with van der Waals surface area (Å²) in [6.45, 7) is 8.39. The van der Waals surface area contributed by atoms with Crippen molar-refractivity contribution in [1.82, 2.24) is 10.6 Å². The highest BCUT2D eigenvalue weighted by molar-refractivity contribution is 5.75. The smallest absolute Gasteiger partial charge is 0.315 e. The maximum Gasteiger partial charge on any atom is 0.315 e. The molecule has 1 aromatic rings. The Bertz CT molecular complexity index is 532. The molecular formula is C19H30N2O2. The molecule has 0 saturated heterocycles. The minimum atomic E-state index is -0.427. The lowest BCUT2D eigenvalue weighted by atomic mass is 9.90. The van der Waals surface area contributed by atoms with Crippen LogP contribution in [-0.4, -0.2) is 23.3 Å². The fourth-order valence-corrected chi connectivity index (χ4v) is 3.08. The van der Waals surface area contributed by atoms with Crippen LogP contribution in [0.5, 0.6) is 0 Å².